The summed E-state index contributed by atoms with van der Waals surface area (Å²) < 4.78 is 16.2. The average molecular weight is 453 g/mol. The van der Waals surface area contributed by atoms with E-state index in [4.69, 9.17) is 14.2 Å². The molecule has 0 aromatic heterocycles. The van der Waals surface area contributed by atoms with Crippen LogP contribution in [0.5, 0.6) is 11.5 Å². The van der Waals surface area contributed by atoms with Crippen molar-refractivity contribution in [3.8, 4) is 11.5 Å². The van der Waals surface area contributed by atoms with E-state index in [-0.39, 0.29) is 12.0 Å². The van der Waals surface area contributed by atoms with Gasteiger partial charge in [0.25, 0.3) is 5.91 Å². The molecule has 2 aliphatic rings. The standard InChI is InChI=1S/C26H32N2O5/c1-25(2,3)33-24(30)27-14-12-26(13-15-27)22-11-10-20(32-5)16-21(22)23(29)28(26)17-18-6-8-19(31-4)9-7-18/h6-11,16H,12-15,17H2,1-5H3. The lowest BCUT2D eigenvalue weighted by Gasteiger charge is -2.45. The Bertz CT molecular complexity index is 1030. The minimum atomic E-state index is -0.543. The van der Waals surface area contributed by atoms with Crippen molar-refractivity contribution in [3.05, 3.63) is 59.2 Å². The van der Waals surface area contributed by atoms with Gasteiger partial charge in [-0.2, -0.15) is 0 Å². The predicted octanol–water partition coefficient (Wildman–Crippen LogP) is 4.59. The maximum atomic E-state index is 13.6. The fourth-order valence-corrected chi connectivity index (χ4v) is 4.78. The highest BCUT2D eigenvalue weighted by atomic mass is 16.6. The van der Waals surface area contributed by atoms with Gasteiger partial charge in [0, 0.05) is 25.2 Å². The predicted molar refractivity (Wildman–Crippen MR) is 125 cm³/mol. The Morgan fingerprint density at radius 1 is 0.970 bits per heavy atom. The lowest BCUT2D eigenvalue weighted by Crippen LogP contribution is -2.52. The highest BCUT2D eigenvalue weighted by molar-refractivity contribution is 6.00. The summed E-state index contributed by atoms with van der Waals surface area (Å²) in [6, 6.07) is 13.5. The molecule has 2 heterocycles. The topological polar surface area (TPSA) is 68.3 Å². The van der Waals surface area contributed by atoms with E-state index in [0.29, 0.717) is 43.8 Å². The first kappa shape index (κ1) is 23.0. The summed E-state index contributed by atoms with van der Waals surface area (Å²) in [4.78, 5) is 30.0. The molecule has 0 saturated carbocycles. The lowest BCUT2D eigenvalue weighted by molar-refractivity contribution is -0.00220. The van der Waals surface area contributed by atoms with Crippen molar-refractivity contribution in [2.45, 2.75) is 51.3 Å². The van der Waals surface area contributed by atoms with Crippen LogP contribution in [0.2, 0.25) is 0 Å². The van der Waals surface area contributed by atoms with E-state index in [9.17, 15) is 9.59 Å². The van der Waals surface area contributed by atoms with Gasteiger partial charge < -0.3 is 24.0 Å². The van der Waals surface area contributed by atoms with Crippen LogP contribution in [0.25, 0.3) is 0 Å². The number of fused-ring (bicyclic) bond motifs is 2. The number of nitrogens with zero attached hydrogens (tertiary/aromatic N) is 2. The van der Waals surface area contributed by atoms with E-state index in [1.165, 1.54) is 0 Å². The second kappa shape index (κ2) is 8.61. The number of piperidine rings is 1. The smallest absolute Gasteiger partial charge is 0.410 e. The molecule has 7 heteroatoms. The molecular formula is C26H32N2O5. The van der Waals surface area contributed by atoms with E-state index in [0.717, 1.165) is 16.9 Å². The molecule has 2 aliphatic heterocycles. The Labute approximate surface area is 195 Å². The number of likely N-dealkylation sites (tertiary alicyclic amines) is 1. The Morgan fingerprint density at radius 2 is 1.58 bits per heavy atom. The minimum absolute atomic E-state index is 0.00886. The molecule has 0 aliphatic carbocycles. The highest BCUT2D eigenvalue weighted by Crippen LogP contribution is 2.48. The average Bonchev–Trinajstić information content (AvgIpc) is 3.01. The van der Waals surface area contributed by atoms with E-state index < -0.39 is 11.1 Å². The fourth-order valence-electron chi connectivity index (χ4n) is 4.78. The zero-order valence-electron chi connectivity index (χ0n) is 20.0. The molecular weight excluding hydrogens is 420 g/mol. The maximum Gasteiger partial charge on any atom is 0.410 e. The Morgan fingerprint density at radius 3 is 2.15 bits per heavy atom. The molecule has 0 radical (unpaired) electrons. The fraction of sp³-hybridized carbons (Fsp3) is 0.462. The van der Waals surface area contributed by atoms with Gasteiger partial charge in [-0.25, -0.2) is 4.79 Å². The summed E-state index contributed by atoms with van der Waals surface area (Å²) in [5.74, 6) is 1.43. The highest BCUT2D eigenvalue weighted by Gasteiger charge is 2.51. The van der Waals surface area contributed by atoms with Gasteiger partial charge in [0.15, 0.2) is 0 Å². The lowest BCUT2D eigenvalue weighted by atomic mass is 9.80. The number of carbonyl (C=O) groups is 2. The normalized spacial score (nSPS) is 17.2. The quantitative estimate of drug-likeness (QED) is 0.679. The number of methoxy groups -OCH3 is 2. The van der Waals surface area contributed by atoms with E-state index in [1.807, 2.05) is 68.1 Å². The molecule has 2 amide bonds. The van der Waals surface area contributed by atoms with Crippen molar-refractivity contribution in [2.24, 2.45) is 0 Å². The van der Waals surface area contributed by atoms with Crippen LogP contribution in [-0.4, -0.2) is 54.7 Å². The number of ether oxygens (including phenoxy) is 3. The molecule has 2 aromatic rings. The summed E-state index contributed by atoms with van der Waals surface area (Å²) >= 11 is 0. The monoisotopic (exact) mass is 452 g/mol. The molecule has 0 bridgehead atoms. The Kier molecular flexibility index (Phi) is 5.99. The summed E-state index contributed by atoms with van der Waals surface area (Å²) in [6.07, 6.45) is 0.985. The van der Waals surface area contributed by atoms with Crippen molar-refractivity contribution in [3.63, 3.8) is 0 Å². The summed E-state index contributed by atoms with van der Waals surface area (Å²) in [6.45, 7) is 7.12. The van der Waals surface area contributed by atoms with Crippen LogP contribution in [0.4, 0.5) is 4.79 Å². The van der Waals surface area contributed by atoms with Crippen LogP contribution in [0.1, 0.15) is 55.1 Å². The zero-order valence-corrected chi connectivity index (χ0v) is 20.0. The van der Waals surface area contributed by atoms with Crippen LogP contribution in [0.3, 0.4) is 0 Å². The van der Waals surface area contributed by atoms with Crippen LogP contribution >= 0.6 is 0 Å². The number of hydrogen-bond donors (Lipinski definition) is 0. The van der Waals surface area contributed by atoms with E-state index >= 15 is 0 Å². The van der Waals surface area contributed by atoms with Gasteiger partial charge >= 0.3 is 6.09 Å². The van der Waals surface area contributed by atoms with Gasteiger partial charge in [0.2, 0.25) is 0 Å². The third kappa shape index (κ3) is 4.36. The minimum Gasteiger partial charge on any atom is -0.497 e. The van der Waals surface area contributed by atoms with Crippen molar-refractivity contribution in [2.75, 3.05) is 27.3 Å². The van der Waals surface area contributed by atoms with Gasteiger partial charge in [0.05, 0.1) is 19.8 Å². The molecule has 1 spiro atoms. The van der Waals surface area contributed by atoms with Gasteiger partial charge in [-0.15, -0.1) is 0 Å². The second-order valence-corrected chi connectivity index (χ2v) is 9.65. The van der Waals surface area contributed by atoms with Gasteiger partial charge in [-0.05, 0) is 69.0 Å². The first-order valence-electron chi connectivity index (χ1n) is 11.3. The first-order valence-corrected chi connectivity index (χ1v) is 11.3. The largest absolute Gasteiger partial charge is 0.497 e. The van der Waals surface area contributed by atoms with Crippen molar-refractivity contribution < 1.29 is 23.8 Å². The molecule has 4 rings (SSSR count). The summed E-state index contributed by atoms with van der Waals surface area (Å²) in [5.41, 5.74) is 1.69. The number of rotatable bonds is 4. The Balaban J connectivity index is 1.64. The number of amides is 2. The molecule has 7 nitrogen and oxygen atoms in total. The zero-order chi connectivity index (χ0) is 23.8. The van der Waals surface area contributed by atoms with Gasteiger partial charge in [-0.3, -0.25) is 4.79 Å². The molecule has 33 heavy (non-hydrogen) atoms. The van der Waals surface area contributed by atoms with Crippen LogP contribution in [0, 0.1) is 0 Å². The Hall–Kier alpha value is -3.22. The molecule has 0 N–H and O–H groups in total. The maximum absolute atomic E-state index is 13.6. The van der Waals surface area contributed by atoms with E-state index in [2.05, 4.69) is 0 Å². The number of benzene rings is 2. The summed E-state index contributed by atoms with van der Waals surface area (Å²) in [5, 5.41) is 0. The van der Waals surface area contributed by atoms with Crippen LogP contribution in [-0.2, 0) is 16.8 Å². The van der Waals surface area contributed by atoms with Gasteiger partial charge in [-0.1, -0.05) is 18.2 Å². The summed E-state index contributed by atoms with van der Waals surface area (Å²) in [7, 11) is 3.24. The van der Waals surface area contributed by atoms with Crippen molar-refractivity contribution in [1.82, 2.24) is 9.80 Å². The first-order chi connectivity index (χ1) is 15.7. The molecule has 0 atom stereocenters. The van der Waals surface area contributed by atoms with Crippen LogP contribution in [0.15, 0.2) is 42.5 Å². The molecule has 176 valence electrons. The molecule has 0 unspecified atom stereocenters. The third-order valence-corrected chi connectivity index (χ3v) is 6.46. The molecule has 2 aromatic carbocycles. The van der Waals surface area contributed by atoms with Crippen molar-refractivity contribution in [1.29, 1.82) is 0 Å². The molecule has 1 fully saturated rings. The molecule has 1 saturated heterocycles. The van der Waals surface area contributed by atoms with Crippen LogP contribution < -0.4 is 9.47 Å². The van der Waals surface area contributed by atoms with Gasteiger partial charge in [0.1, 0.15) is 17.1 Å². The SMILES string of the molecule is COc1ccc(CN2C(=O)c3cc(OC)ccc3C23CCN(C(=O)OC(C)(C)C)CC3)cc1. The third-order valence-electron chi connectivity index (χ3n) is 6.46. The number of carbonyl (C=O) groups excluding carboxylic acids is 2. The van der Waals surface area contributed by atoms with Crippen molar-refractivity contribution >= 4 is 12.0 Å². The second-order valence-electron chi connectivity index (χ2n) is 9.65. The number of hydrogen-bond acceptors (Lipinski definition) is 5. The van der Waals surface area contributed by atoms with E-state index in [1.54, 1.807) is 19.1 Å².